The third kappa shape index (κ3) is 4.53. The van der Waals surface area contributed by atoms with E-state index in [1.54, 1.807) is 12.7 Å². The van der Waals surface area contributed by atoms with Gasteiger partial charge in [0.1, 0.15) is 5.75 Å². The number of halogens is 1. The van der Waals surface area contributed by atoms with Gasteiger partial charge in [-0.1, -0.05) is 19.1 Å². The van der Waals surface area contributed by atoms with Crippen molar-refractivity contribution in [3.63, 3.8) is 0 Å². The first-order valence-corrected chi connectivity index (χ1v) is 9.59. The molecule has 0 saturated carbocycles. The van der Waals surface area contributed by atoms with E-state index in [9.17, 15) is 0 Å². The highest BCUT2D eigenvalue weighted by Crippen LogP contribution is 2.39. The van der Waals surface area contributed by atoms with Crippen LogP contribution in [-0.2, 0) is 12.8 Å². The number of fused-ring (bicyclic) bond motifs is 1. The largest absolute Gasteiger partial charge is 0.497 e. The molecule has 1 aromatic carbocycles. The number of methoxy groups -OCH3 is 1. The molecule has 3 rings (SSSR count). The van der Waals surface area contributed by atoms with Crippen LogP contribution < -0.4 is 10.1 Å². The normalized spacial score (nSPS) is 17.7. The summed E-state index contributed by atoms with van der Waals surface area (Å²) in [7, 11) is 1.76. The smallest absolute Gasteiger partial charge is 0.119 e. The first kappa shape index (κ1) is 19.3. The number of ether oxygens (including phenoxy) is 1. The second kappa shape index (κ2) is 9.45. The molecule has 0 spiro atoms. The molecule has 0 aliphatic heterocycles. The third-order valence-corrected chi connectivity index (χ3v) is 5.88. The van der Waals surface area contributed by atoms with Crippen LogP contribution in [0.2, 0.25) is 0 Å². The molecular formula is C20H28ClNOS. The Balaban J connectivity index is 0.00000208. The van der Waals surface area contributed by atoms with Crippen molar-refractivity contribution in [2.45, 2.75) is 38.5 Å². The zero-order valence-corrected chi connectivity index (χ0v) is 16.2. The second-order valence-electron chi connectivity index (χ2n) is 6.41. The fourth-order valence-corrected chi connectivity index (χ4v) is 4.62. The van der Waals surface area contributed by atoms with E-state index < -0.39 is 0 Å². The van der Waals surface area contributed by atoms with Crippen molar-refractivity contribution in [2.24, 2.45) is 5.92 Å². The molecule has 1 aliphatic rings. The van der Waals surface area contributed by atoms with E-state index >= 15 is 0 Å². The summed E-state index contributed by atoms with van der Waals surface area (Å²) < 4.78 is 5.42. The molecule has 0 bridgehead atoms. The lowest BCUT2D eigenvalue weighted by Gasteiger charge is -2.33. The van der Waals surface area contributed by atoms with Crippen LogP contribution in [0.1, 0.15) is 41.7 Å². The number of hydrogen-bond donors (Lipinski definition) is 1. The van der Waals surface area contributed by atoms with Gasteiger partial charge in [-0.25, -0.2) is 0 Å². The van der Waals surface area contributed by atoms with Gasteiger partial charge in [-0.3, -0.25) is 0 Å². The van der Waals surface area contributed by atoms with E-state index in [2.05, 4.69) is 48.0 Å². The molecule has 0 fully saturated rings. The molecule has 2 aromatic rings. The third-order valence-electron chi connectivity index (χ3n) is 4.98. The zero-order valence-electron chi connectivity index (χ0n) is 14.6. The predicted octanol–water partition coefficient (Wildman–Crippen LogP) is 5.07. The van der Waals surface area contributed by atoms with Crippen molar-refractivity contribution in [3.05, 3.63) is 51.7 Å². The van der Waals surface area contributed by atoms with Crippen molar-refractivity contribution >= 4 is 23.7 Å². The monoisotopic (exact) mass is 365 g/mol. The molecular weight excluding hydrogens is 338 g/mol. The molecule has 2 atom stereocenters. The first-order chi connectivity index (χ1) is 11.3. The van der Waals surface area contributed by atoms with Gasteiger partial charge in [0, 0.05) is 4.88 Å². The highest BCUT2D eigenvalue weighted by Gasteiger charge is 2.28. The second-order valence-corrected chi connectivity index (χ2v) is 7.45. The molecule has 0 saturated heterocycles. The Kier molecular flexibility index (Phi) is 7.60. The molecule has 2 nitrogen and oxygen atoms in total. The molecule has 24 heavy (non-hydrogen) atoms. The molecule has 1 aliphatic carbocycles. The maximum atomic E-state index is 5.42. The van der Waals surface area contributed by atoms with E-state index in [0.29, 0.717) is 11.8 Å². The number of hydrogen-bond acceptors (Lipinski definition) is 3. The summed E-state index contributed by atoms with van der Waals surface area (Å²) in [5, 5.41) is 5.79. The number of thiophene rings is 1. The summed E-state index contributed by atoms with van der Waals surface area (Å²) in [6.07, 6.45) is 4.97. The van der Waals surface area contributed by atoms with Gasteiger partial charge in [0.2, 0.25) is 0 Å². The standard InChI is InChI=1S/C20H27NOS.ClH/c1-3-21-14-16(13-18-7-5-11-23-18)19-8-4-6-15-12-17(22-2)9-10-20(15)19;/h5,7,9-12,16,19,21H,3-4,6,8,13-14H2,1-2H3;1H. The number of nitrogens with one attached hydrogen (secondary N) is 1. The predicted molar refractivity (Wildman–Crippen MR) is 106 cm³/mol. The average Bonchev–Trinajstić information content (AvgIpc) is 3.10. The van der Waals surface area contributed by atoms with E-state index in [0.717, 1.165) is 18.8 Å². The molecule has 132 valence electrons. The minimum Gasteiger partial charge on any atom is -0.497 e. The fraction of sp³-hybridized carbons (Fsp3) is 0.500. The van der Waals surface area contributed by atoms with Gasteiger partial charge >= 0.3 is 0 Å². The summed E-state index contributed by atoms with van der Waals surface area (Å²) in [6.45, 7) is 4.34. The average molecular weight is 366 g/mol. The quantitative estimate of drug-likeness (QED) is 0.739. The lowest BCUT2D eigenvalue weighted by molar-refractivity contribution is 0.360. The Bertz CT molecular complexity index is 614. The van der Waals surface area contributed by atoms with Gasteiger partial charge in [0.25, 0.3) is 0 Å². The van der Waals surface area contributed by atoms with Crippen LogP contribution in [0.5, 0.6) is 5.75 Å². The van der Waals surface area contributed by atoms with E-state index in [1.807, 2.05) is 11.3 Å². The SMILES string of the molecule is CCNCC(Cc1cccs1)C1CCCc2cc(OC)ccc21.Cl. The fourth-order valence-electron chi connectivity index (χ4n) is 3.82. The van der Waals surface area contributed by atoms with Crippen LogP contribution in [0.4, 0.5) is 0 Å². The van der Waals surface area contributed by atoms with Gasteiger partial charge < -0.3 is 10.1 Å². The Hall–Kier alpha value is -1.03. The van der Waals surface area contributed by atoms with Gasteiger partial charge in [-0.05, 0) is 85.3 Å². The summed E-state index contributed by atoms with van der Waals surface area (Å²) in [5.41, 5.74) is 3.05. The van der Waals surface area contributed by atoms with Crippen molar-refractivity contribution in [1.82, 2.24) is 5.32 Å². The number of rotatable bonds is 7. The summed E-state index contributed by atoms with van der Waals surface area (Å²) in [4.78, 5) is 1.51. The van der Waals surface area contributed by atoms with Gasteiger partial charge in [-0.2, -0.15) is 0 Å². The Labute approximate surface area is 156 Å². The number of aryl methyl sites for hydroxylation is 1. The molecule has 1 N–H and O–H groups in total. The van der Waals surface area contributed by atoms with Crippen molar-refractivity contribution in [1.29, 1.82) is 0 Å². The summed E-state index contributed by atoms with van der Waals surface area (Å²) in [6, 6.07) is 11.1. The van der Waals surface area contributed by atoms with E-state index in [-0.39, 0.29) is 12.4 Å². The van der Waals surface area contributed by atoms with Gasteiger partial charge in [0.15, 0.2) is 0 Å². The Morgan fingerprint density at radius 1 is 1.33 bits per heavy atom. The van der Waals surface area contributed by atoms with Crippen molar-refractivity contribution in [2.75, 3.05) is 20.2 Å². The lowest BCUT2D eigenvalue weighted by Crippen LogP contribution is -2.30. The topological polar surface area (TPSA) is 21.3 Å². The van der Waals surface area contributed by atoms with E-state index in [4.69, 9.17) is 4.74 Å². The first-order valence-electron chi connectivity index (χ1n) is 8.71. The van der Waals surface area contributed by atoms with Gasteiger partial charge in [-0.15, -0.1) is 23.7 Å². The molecule has 0 radical (unpaired) electrons. The summed E-state index contributed by atoms with van der Waals surface area (Å²) >= 11 is 1.89. The highest BCUT2D eigenvalue weighted by atomic mass is 35.5. The van der Waals surface area contributed by atoms with Crippen LogP contribution in [0.15, 0.2) is 35.7 Å². The minimum absolute atomic E-state index is 0. The van der Waals surface area contributed by atoms with Crippen LogP contribution in [0.3, 0.4) is 0 Å². The molecule has 0 amide bonds. The zero-order chi connectivity index (χ0) is 16.1. The minimum atomic E-state index is 0. The molecule has 4 heteroatoms. The molecule has 1 heterocycles. The Morgan fingerprint density at radius 3 is 2.92 bits per heavy atom. The molecule has 2 unspecified atom stereocenters. The van der Waals surface area contributed by atoms with Crippen molar-refractivity contribution in [3.8, 4) is 5.75 Å². The van der Waals surface area contributed by atoms with Crippen LogP contribution in [0, 0.1) is 5.92 Å². The maximum absolute atomic E-state index is 5.42. The number of benzene rings is 1. The Morgan fingerprint density at radius 2 is 2.21 bits per heavy atom. The highest BCUT2D eigenvalue weighted by molar-refractivity contribution is 7.09. The molecule has 1 aromatic heterocycles. The summed E-state index contributed by atoms with van der Waals surface area (Å²) in [5.74, 6) is 2.32. The van der Waals surface area contributed by atoms with Crippen LogP contribution in [0.25, 0.3) is 0 Å². The van der Waals surface area contributed by atoms with Crippen LogP contribution in [-0.4, -0.2) is 20.2 Å². The van der Waals surface area contributed by atoms with Crippen LogP contribution >= 0.6 is 23.7 Å². The van der Waals surface area contributed by atoms with E-state index in [1.165, 1.54) is 36.1 Å². The maximum Gasteiger partial charge on any atom is 0.119 e. The van der Waals surface area contributed by atoms with Gasteiger partial charge in [0.05, 0.1) is 7.11 Å². The van der Waals surface area contributed by atoms with Crippen molar-refractivity contribution < 1.29 is 4.74 Å². The lowest BCUT2D eigenvalue weighted by atomic mass is 9.74.